The molecule has 6 heteroatoms. The Hall–Kier alpha value is -0.170. The number of nitrogens with two attached hydrogens (primary N) is 1. The Kier molecular flexibility index (Phi) is 28.2. The fourth-order valence-corrected chi connectivity index (χ4v) is 1.70. The Morgan fingerprint density at radius 3 is 2.32 bits per heavy atom. The Bertz CT molecular complexity index is 262. The molecule has 0 saturated heterocycles. The lowest BCUT2D eigenvalue weighted by Crippen LogP contribution is -2.27. The molecule has 0 aliphatic rings. The second-order valence-corrected chi connectivity index (χ2v) is 5.34. The van der Waals surface area contributed by atoms with Gasteiger partial charge in [0.05, 0.1) is 0 Å². The van der Waals surface area contributed by atoms with E-state index in [0.29, 0.717) is 5.92 Å². The standard InChI is InChI=1S/C15H31N3O.CH4.2H2S/c1-13(2)14(16)9-6-8-12-18-15(19)10-5-4-7-11-17-3;;;/h5,10,13-14,17H,4,6-9,11-12,16H2,1-3H3,(H,18,19);1H4;2*1H2/b10-5+;;;. The average Bonchev–Trinajstić information content (AvgIpc) is 2.37. The van der Waals surface area contributed by atoms with E-state index in [1.54, 1.807) is 6.08 Å². The van der Waals surface area contributed by atoms with Crippen LogP contribution in [0.15, 0.2) is 12.2 Å². The second-order valence-electron chi connectivity index (χ2n) is 5.34. The third-order valence-electron chi connectivity index (χ3n) is 3.19. The third kappa shape index (κ3) is 19.8. The van der Waals surface area contributed by atoms with Crippen molar-refractivity contribution in [1.82, 2.24) is 10.6 Å². The Labute approximate surface area is 152 Å². The van der Waals surface area contributed by atoms with Crippen LogP contribution in [0.25, 0.3) is 0 Å². The largest absolute Gasteiger partial charge is 0.353 e. The summed E-state index contributed by atoms with van der Waals surface area (Å²) >= 11 is 0. The first-order chi connectivity index (χ1) is 9.07. The number of amides is 1. The van der Waals surface area contributed by atoms with Crippen LogP contribution < -0.4 is 16.4 Å². The van der Waals surface area contributed by atoms with Crippen LogP contribution in [0.4, 0.5) is 0 Å². The third-order valence-corrected chi connectivity index (χ3v) is 3.19. The molecule has 0 aromatic carbocycles. The van der Waals surface area contributed by atoms with Crippen molar-refractivity contribution in [1.29, 1.82) is 0 Å². The van der Waals surface area contributed by atoms with Gasteiger partial charge in [-0.25, -0.2) is 0 Å². The number of nitrogens with one attached hydrogen (secondary N) is 2. The summed E-state index contributed by atoms with van der Waals surface area (Å²) in [5, 5.41) is 5.97. The SMILES string of the molecule is C.CNCCC/C=C/C(=O)NCCCCC(N)C(C)C.S.S. The number of hydrogen-bond acceptors (Lipinski definition) is 3. The van der Waals surface area contributed by atoms with Crippen LogP contribution in [0.2, 0.25) is 0 Å². The molecular formula is C16H39N3OS2. The van der Waals surface area contributed by atoms with Crippen molar-refractivity contribution in [2.75, 3.05) is 20.1 Å². The van der Waals surface area contributed by atoms with Crippen molar-refractivity contribution in [3.63, 3.8) is 0 Å². The lowest BCUT2D eigenvalue weighted by molar-refractivity contribution is -0.116. The van der Waals surface area contributed by atoms with Crippen LogP contribution in [0.1, 0.15) is 53.4 Å². The minimum atomic E-state index is 0. The van der Waals surface area contributed by atoms with E-state index >= 15 is 0 Å². The van der Waals surface area contributed by atoms with E-state index in [1.807, 2.05) is 13.1 Å². The van der Waals surface area contributed by atoms with E-state index in [9.17, 15) is 4.79 Å². The molecule has 0 heterocycles. The second kappa shape index (κ2) is 20.8. The summed E-state index contributed by atoms with van der Waals surface area (Å²) in [6.45, 7) is 6.02. The van der Waals surface area contributed by atoms with Gasteiger partial charge in [0.15, 0.2) is 0 Å². The summed E-state index contributed by atoms with van der Waals surface area (Å²) in [7, 11) is 1.93. The van der Waals surface area contributed by atoms with Gasteiger partial charge in [-0.3, -0.25) is 4.79 Å². The number of carbonyl (C=O) groups excluding carboxylic acids is 1. The Morgan fingerprint density at radius 2 is 1.77 bits per heavy atom. The maximum atomic E-state index is 11.4. The highest BCUT2D eigenvalue weighted by Crippen LogP contribution is 2.06. The molecule has 0 fully saturated rings. The highest BCUT2D eigenvalue weighted by Gasteiger charge is 2.06. The molecule has 0 aliphatic heterocycles. The summed E-state index contributed by atoms with van der Waals surface area (Å²) in [5.74, 6) is 0.549. The van der Waals surface area contributed by atoms with Crippen molar-refractivity contribution < 1.29 is 4.79 Å². The van der Waals surface area contributed by atoms with Gasteiger partial charge < -0.3 is 16.4 Å². The fraction of sp³-hybridized carbons (Fsp3) is 0.812. The van der Waals surface area contributed by atoms with Gasteiger partial charge in [0.2, 0.25) is 5.91 Å². The predicted octanol–water partition coefficient (Wildman–Crippen LogP) is 2.67. The molecule has 0 spiro atoms. The van der Waals surface area contributed by atoms with E-state index < -0.39 is 0 Å². The van der Waals surface area contributed by atoms with Gasteiger partial charge in [-0.15, -0.1) is 0 Å². The molecule has 4 N–H and O–H groups in total. The lowest BCUT2D eigenvalue weighted by Gasteiger charge is -2.14. The van der Waals surface area contributed by atoms with Crippen LogP contribution in [-0.4, -0.2) is 32.1 Å². The van der Waals surface area contributed by atoms with E-state index in [2.05, 4.69) is 24.5 Å². The number of hydrogen-bond donors (Lipinski definition) is 3. The molecule has 0 bridgehead atoms. The normalized spacial score (nSPS) is 11.3. The zero-order valence-corrected chi connectivity index (χ0v) is 15.7. The highest BCUT2D eigenvalue weighted by molar-refractivity contribution is 7.59. The molecule has 1 unspecified atom stereocenters. The van der Waals surface area contributed by atoms with Gasteiger partial charge in [0, 0.05) is 12.6 Å². The summed E-state index contributed by atoms with van der Waals surface area (Å²) in [6, 6.07) is 0.280. The molecule has 1 atom stereocenters. The van der Waals surface area contributed by atoms with Crippen molar-refractivity contribution in [3.8, 4) is 0 Å². The summed E-state index contributed by atoms with van der Waals surface area (Å²) in [6.07, 6.45) is 8.68. The van der Waals surface area contributed by atoms with E-state index in [1.165, 1.54) is 0 Å². The van der Waals surface area contributed by atoms with Gasteiger partial charge in [0.1, 0.15) is 0 Å². The molecule has 1 amide bonds. The van der Waals surface area contributed by atoms with Gasteiger partial charge in [-0.2, -0.15) is 27.0 Å². The maximum absolute atomic E-state index is 11.4. The molecule has 0 aromatic rings. The number of allylic oxidation sites excluding steroid dienone is 1. The molecule has 136 valence electrons. The first kappa shape index (κ1) is 29.8. The van der Waals surface area contributed by atoms with Crippen LogP contribution in [0, 0.1) is 5.92 Å². The highest BCUT2D eigenvalue weighted by atomic mass is 32.1. The molecule has 0 aliphatic carbocycles. The van der Waals surface area contributed by atoms with Gasteiger partial charge in [0.25, 0.3) is 0 Å². The van der Waals surface area contributed by atoms with Crippen molar-refractivity contribution in [2.45, 2.75) is 59.4 Å². The smallest absolute Gasteiger partial charge is 0.243 e. The zero-order valence-electron chi connectivity index (χ0n) is 13.7. The van der Waals surface area contributed by atoms with E-state index in [0.717, 1.165) is 45.2 Å². The van der Waals surface area contributed by atoms with E-state index in [4.69, 9.17) is 5.73 Å². The molecule has 22 heavy (non-hydrogen) atoms. The van der Waals surface area contributed by atoms with Crippen molar-refractivity contribution in [2.24, 2.45) is 11.7 Å². The fourth-order valence-electron chi connectivity index (χ4n) is 1.70. The van der Waals surface area contributed by atoms with Crippen LogP contribution in [0.5, 0.6) is 0 Å². The van der Waals surface area contributed by atoms with Crippen molar-refractivity contribution in [3.05, 3.63) is 12.2 Å². The van der Waals surface area contributed by atoms with Crippen molar-refractivity contribution >= 4 is 32.9 Å². The van der Waals surface area contributed by atoms with Gasteiger partial charge >= 0.3 is 0 Å². The van der Waals surface area contributed by atoms with Gasteiger partial charge in [-0.1, -0.05) is 33.8 Å². The Morgan fingerprint density at radius 1 is 1.14 bits per heavy atom. The molecule has 0 radical (unpaired) electrons. The quantitative estimate of drug-likeness (QED) is 0.395. The molecular weight excluding hydrogens is 314 g/mol. The minimum Gasteiger partial charge on any atom is -0.353 e. The number of unbranched alkanes of at least 4 members (excludes halogenated alkanes) is 2. The topological polar surface area (TPSA) is 67.2 Å². The van der Waals surface area contributed by atoms with Crippen LogP contribution in [-0.2, 0) is 4.79 Å². The summed E-state index contributed by atoms with van der Waals surface area (Å²) < 4.78 is 0. The Balaban J connectivity index is -0.000000540. The molecule has 0 aromatic heterocycles. The van der Waals surface area contributed by atoms with Gasteiger partial charge in [-0.05, 0) is 51.3 Å². The average molecular weight is 354 g/mol. The predicted molar refractivity (Wildman–Crippen MR) is 109 cm³/mol. The molecule has 0 rings (SSSR count). The molecule has 0 saturated carbocycles. The monoisotopic (exact) mass is 353 g/mol. The lowest BCUT2D eigenvalue weighted by atomic mass is 9.99. The zero-order chi connectivity index (χ0) is 14.5. The summed E-state index contributed by atoms with van der Waals surface area (Å²) in [5.41, 5.74) is 5.96. The van der Waals surface area contributed by atoms with Crippen LogP contribution >= 0.6 is 27.0 Å². The first-order valence-electron chi connectivity index (χ1n) is 7.42. The maximum Gasteiger partial charge on any atom is 0.243 e. The van der Waals surface area contributed by atoms with E-state index in [-0.39, 0.29) is 46.4 Å². The number of rotatable bonds is 11. The minimum absolute atomic E-state index is 0. The summed E-state index contributed by atoms with van der Waals surface area (Å²) in [4.78, 5) is 11.4. The first-order valence-corrected chi connectivity index (χ1v) is 7.42. The van der Waals surface area contributed by atoms with Crippen LogP contribution in [0.3, 0.4) is 0 Å². The number of carbonyl (C=O) groups is 1. The molecule has 4 nitrogen and oxygen atoms in total.